The number of methoxy groups -OCH3 is 1. The molecule has 4 rings (SSSR count). The van der Waals surface area contributed by atoms with E-state index in [-0.39, 0.29) is 17.3 Å². The van der Waals surface area contributed by atoms with Crippen LogP contribution in [0, 0.1) is 35.3 Å². The number of benzene rings is 2. The van der Waals surface area contributed by atoms with Crippen LogP contribution >= 0.6 is 0 Å². The van der Waals surface area contributed by atoms with E-state index in [1.165, 1.54) is 25.4 Å². The summed E-state index contributed by atoms with van der Waals surface area (Å²) in [5.74, 6) is 0.900. The minimum Gasteiger partial charge on any atom is -0.493 e. The summed E-state index contributed by atoms with van der Waals surface area (Å²) < 4.78 is 11.0. The van der Waals surface area contributed by atoms with Crippen molar-refractivity contribution >= 4 is 28.4 Å². The average Bonchev–Trinajstić information content (AvgIpc) is 3.21. The molecule has 0 aliphatic carbocycles. The Bertz CT molecular complexity index is 1410. The van der Waals surface area contributed by atoms with Crippen LogP contribution in [-0.4, -0.2) is 27.0 Å². The van der Waals surface area contributed by atoms with E-state index < -0.39 is 4.92 Å². The largest absolute Gasteiger partial charge is 0.493 e. The van der Waals surface area contributed by atoms with Gasteiger partial charge < -0.3 is 14.5 Å². The SMILES string of the molecule is COc1cc(/C=C(/C#N)c2nc3cc(C)c(C)cc3[nH]2)ccc1Oc1ncccc1[N+](=O)[O-]. The van der Waals surface area contributed by atoms with Gasteiger partial charge in [0.15, 0.2) is 11.5 Å². The third kappa shape index (κ3) is 4.36. The Balaban J connectivity index is 1.68. The van der Waals surface area contributed by atoms with Crippen LogP contribution in [0.3, 0.4) is 0 Å². The zero-order valence-electron chi connectivity index (χ0n) is 18.1. The average molecular weight is 441 g/mol. The predicted octanol–water partition coefficient (Wildman–Crippen LogP) is 5.35. The van der Waals surface area contributed by atoms with Gasteiger partial charge in [-0.25, -0.2) is 9.97 Å². The number of allylic oxidation sites excluding steroid dienone is 1. The standard InChI is InChI=1S/C24H19N5O4/c1-14-9-18-19(10-15(14)2)28-23(27-18)17(13-25)11-16-6-7-21(22(12-16)32-3)33-24-20(29(30)31)5-4-8-26-24/h4-12H,1-3H3,(H,27,28)/b17-11-. The fourth-order valence-corrected chi connectivity index (χ4v) is 3.28. The molecule has 0 spiro atoms. The number of pyridine rings is 1. The van der Waals surface area contributed by atoms with Crippen molar-refractivity contribution in [3.63, 3.8) is 0 Å². The van der Waals surface area contributed by atoms with Crippen molar-refractivity contribution in [2.45, 2.75) is 13.8 Å². The fraction of sp³-hybridized carbons (Fsp3) is 0.125. The Labute approximate surface area is 189 Å². The molecule has 2 aromatic carbocycles. The van der Waals surface area contributed by atoms with E-state index in [9.17, 15) is 15.4 Å². The number of nitriles is 1. The molecule has 0 bridgehead atoms. The zero-order chi connectivity index (χ0) is 23.5. The van der Waals surface area contributed by atoms with Crippen LogP contribution in [-0.2, 0) is 0 Å². The summed E-state index contributed by atoms with van der Waals surface area (Å²) in [6, 6.07) is 13.9. The van der Waals surface area contributed by atoms with E-state index in [0.717, 1.165) is 22.2 Å². The zero-order valence-corrected chi connectivity index (χ0v) is 18.1. The molecule has 0 fully saturated rings. The molecular weight excluding hydrogens is 422 g/mol. The third-order valence-corrected chi connectivity index (χ3v) is 5.13. The highest BCUT2D eigenvalue weighted by Crippen LogP contribution is 2.35. The van der Waals surface area contributed by atoms with Crippen molar-refractivity contribution in [2.75, 3.05) is 7.11 Å². The van der Waals surface area contributed by atoms with E-state index in [2.05, 4.69) is 21.0 Å². The molecule has 0 atom stereocenters. The Morgan fingerprint density at radius 3 is 2.70 bits per heavy atom. The number of rotatable bonds is 6. The number of imidazole rings is 1. The molecule has 2 aromatic heterocycles. The second-order valence-corrected chi connectivity index (χ2v) is 7.31. The number of hydrogen-bond acceptors (Lipinski definition) is 7. The number of aryl methyl sites for hydroxylation is 2. The summed E-state index contributed by atoms with van der Waals surface area (Å²) in [6.07, 6.45) is 3.08. The third-order valence-electron chi connectivity index (χ3n) is 5.13. The van der Waals surface area contributed by atoms with E-state index in [4.69, 9.17) is 9.47 Å². The van der Waals surface area contributed by atoms with Gasteiger partial charge in [0.05, 0.1) is 28.6 Å². The normalized spacial score (nSPS) is 11.3. The molecule has 0 saturated heterocycles. The van der Waals surface area contributed by atoms with Gasteiger partial charge in [-0.05, 0) is 66.9 Å². The molecule has 4 aromatic rings. The van der Waals surface area contributed by atoms with E-state index >= 15 is 0 Å². The van der Waals surface area contributed by atoms with Crippen LogP contribution in [0.4, 0.5) is 5.69 Å². The number of fused-ring (bicyclic) bond motifs is 1. The fourth-order valence-electron chi connectivity index (χ4n) is 3.28. The molecule has 9 nitrogen and oxygen atoms in total. The van der Waals surface area contributed by atoms with Crippen molar-refractivity contribution in [1.29, 1.82) is 5.26 Å². The Morgan fingerprint density at radius 1 is 1.18 bits per heavy atom. The smallest absolute Gasteiger partial charge is 0.331 e. The maximum absolute atomic E-state index is 11.2. The Morgan fingerprint density at radius 2 is 1.97 bits per heavy atom. The second kappa shape index (κ2) is 8.80. The highest BCUT2D eigenvalue weighted by Gasteiger charge is 2.18. The minimum absolute atomic E-state index is 0.144. The summed E-state index contributed by atoms with van der Waals surface area (Å²) >= 11 is 0. The van der Waals surface area contributed by atoms with Gasteiger partial charge in [0.25, 0.3) is 5.88 Å². The summed E-state index contributed by atoms with van der Waals surface area (Å²) in [6.45, 7) is 4.03. The molecule has 0 aliphatic rings. The van der Waals surface area contributed by atoms with Crippen molar-refractivity contribution in [1.82, 2.24) is 15.0 Å². The molecule has 164 valence electrons. The van der Waals surface area contributed by atoms with Crippen LogP contribution in [0.2, 0.25) is 0 Å². The van der Waals surface area contributed by atoms with Crippen LogP contribution in [0.25, 0.3) is 22.7 Å². The van der Waals surface area contributed by atoms with Gasteiger partial charge in [-0.1, -0.05) is 6.07 Å². The van der Waals surface area contributed by atoms with E-state index in [1.807, 2.05) is 26.0 Å². The van der Waals surface area contributed by atoms with Gasteiger partial charge in [-0.15, -0.1) is 0 Å². The second-order valence-electron chi connectivity index (χ2n) is 7.31. The Hall–Kier alpha value is -4.71. The van der Waals surface area contributed by atoms with Crippen molar-refractivity contribution in [3.8, 4) is 23.4 Å². The molecule has 0 radical (unpaired) electrons. The number of aromatic nitrogens is 3. The number of ether oxygens (including phenoxy) is 2. The Kier molecular flexibility index (Phi) is 5.74. The van der Waals surface area contributed by atoms with Gasteiger partial charge >= 0.3 is 5.69 Å². The number of nitro groups is 1. The lowest BCUT2D eigenvalue weighted by atomic mass is 10.1. The van der Waals surface area contributed by atoms with Crippen molar-refractivity contribution in [3.05, 3.63) is 81.3 Å². The highest BCUT2D eigenvalue weighted by atomic mass is 16.6. The lowest BCUT2D eigenvalue weighted by Crippen LogP contribution is -1.97. The molecule has 2 heterocycles. The first-order valence-electron chi connectivity index (χ1n) is 9.94. The first kappa shape index (κ1) is 21.5. The first-order chi connectivity index (χ1) is 15.9. The van der Waals surface area contributed by atoms with Crippen molar-refractivity contribution < 1.29 is 14.4 Å². The number of aromatic amines is 1. The topological polar surface area (TPSA) is 127 Å². The van der Waals surface area contributed by atoms with E-state index in [1.54, 1.807) is 24.3 Å². The van der Waals surface area contributed by atoms with Gasteiger partial charge in [0.1, 0.15) is 11.9 Å². The quantitative estimate of drug-likeness (QED) is 0.243. The van der Waals surface area contributed by atoms with Crippen molar-refractivity contribution in [2.24, 2.45) is 0 Å². The van der Waals surface area contributed by atoms with Gasteiger partial charge in [0, 0.05) is 12.3 Å². The van der Waals surface area contributed by atoms with Gasteiger partial charge in [-0.2, -0.15) is 5.26 Å². The maximum Gasteiger partial charge on any atom is 0.331 e. The molecule has 33 heavy (non-hydrogen) atoms. The van der Waals surface area contributed by atoms with Crippen LogP contribution < -0.4 is 9.47 Å². The monoisotopic (exact) mass is 441 g/mol. The van der Waals surface area contributed by atoms with Crippen LogP contribution in [0.1, 0.15) is 22.5 Å². The number of nitrogens with one attached hydrogen (secondary N) is 1. The maximum atomic E-state index is 11.2. The van der Waals surface area contributed by atoms with Crippen LogP contribution in [0.5, 0.6) is 17.4 Å². The first-order valence-corrected chi connectivity index (χ1v) is 9.94. The number of H-pyrrole nitrogens is 1. The van der Waals surface area contributed by atoms with E-state index in [0.29, 0.717) is 22.7 Å². The molecule has 0 unspecified atom stereocenters. The molecule has 0 amide bonds. The van der Waals surface area contributed by atoms with Gasteiger partial charge in [-0.3, -0.25) is 10.1 Å². The highest BCUT2D eigenvalue weighted by molar-refractivity contribution is 5.90. The lowest BCUT2D eigenvalue weighted by Gasteiger charge is -2.10. The molecule has 0 aliphatic heterocycles. The molecule has 9 heteroatoms. The predicted molar refractivity (Wildman–Crippen MR) is 123 cm³/mol. The molecular formula is C24H19N5O4. The summed E-state index contributed by atoms with van der Waals surface area (Å²) in [4.78, 5) is 22.3. The summed E-state index contributed by atoms with van der Waals surface area (Å²) in [7, 11) is 1.46. The van der Waals surface area contributed by atoms with Crippen LogP contribution in [0.15, 0.2) is 48.7 Å². The number of hydrogen-bond donors (Lipinski definition) is 1. The number of nitrogens with zero attached hydrogens (tertiary/aromatic N) is 4. The molecule has 0 saturated carbocycles. The lowest BCUT2D eigenvalue weighted by molar-refractivity contribution is -0.386. The summed E-state index contributed by atoms with van der Waals surface area (Å²) in [5, 5.41) is 20.9. The summed E-state index contributed by atoms with van der Waals surface area (Å²) in [5.41, 5.74) is 4.65. The van der Waals surface area contributed by atoms with Gasteiger partial charge in [0.2, 0.25) is 0 Å². The minimum atomic E-state index is -0.568. The molecule has 1 N–H and O–H groups in total.